The molecule has 2 aromatic carbocycles. The fraction of sp³-hybridized carbons (Fsp3) is 0.0667. The zero-order valence-electron chi connectivity index (χ0n) is 11.7. The summed E-state index contributed by atoms with van der Waals surface area (Å²) in [7, 11) is 0. The molecule has 0 aliphatic carbocycles. The lowest BCUT2D eigenvalue weighted by Gasteiger charge is -2.08. The first-order chi connectivity index (χ1) is 11.0. The highest BCUT2D eigenvalue weighted by molar-refractivity contribution is 6.30. The van der Waals surface area contributed by atoms with Crippen molar-refractivity contribution in [3.8, 4) is 0 Å². The summed E-state index contributed by atoms with van der Waals surface area (Å²) in [6.07, 6.45) is 0. The molecule has 0 saturated carbocycles. The number of hydrogen-bond acceptors (Lipinski definition) is 4. The quantitative estimate of drug-likeness (QED) is 0.798. The van der Waals surface area contributed by atoms with Crippen LogP contribution in [0.3, 0.4) is 0 Å². The Hall–Kier alpha value is -2.80. The van der Waals surface area contributed by atoms with Crippen LogP contribution in [-0.4, -0.2) is 20.9 Å². The molecule has 6 nitrogen and oxygen atoms in total. The van der Waals surface area contributed by atoms with E-state index in [1.807, 2.05) is 0 Å². The first-order valence-corrected chi connectivity index (χ1v) is 7.00. The van der Waals surface area contributed by atoms with E-state index in [1.165, 1.54) is 12.1 Å². The highest BCUT2D eigenvalue weighted by Gasteiger charge is 2.11. The van der Waals surface area contributed by atoms with Gasteiger partial charge >= 0.3 is 0 Å². The van der Waals surface area contributed by atoms with Crippen molar-refractivity contribution in [3.05, 3.63) is 63.7 Å². The average Bonchev–Trinajstić information content (AvgIpc) is 2.54. The summed E-state index contributed by atoms with van der Waals surface area (Å²) in [6, 6.07) is 10.5. The predicted octanol–water partition coefficient (Wildman–Crippen LogP) is 2.22. The number of benzene rings is 2. The van der Waals surface area contributed by atoms with Gasteiger partial charge in [0.15, 0.2) is 0 Å². The maximum Gasteiger partial charge on any atom is 0.278 e. The molecule has 1 N–H and O–H groups in total. The van der Waals surface area contributed by atoms with Gasteiger partial charge in [-0.3, -0.25) is 9.59 Å². The summed E-state index contributed by atoms with van der Waals surface area (Å²) >= 11 is 5.76. The van der Waals surface area contributed by atoms with E-state index in [9.17, 15) is 14.0 Å². The molecular weight excluding hydrogens is 323 g/mol. The Morgan fingerprint density at radius 3 is 2.87 bits per heavy atom. The van der Waals surface area contributed by atoms with Gasteiger partial charge in [0.25, 0.3) is 5.56 Å². The molecule has 1 aromatic heterocycles. The predicted molar refractivity (Wildman–Crippen MR) is 83.8 cm³/mol. The zero-order valence-corrected chi connectivity index (χ0v) is 12.4. The van der Waals surface area contributed by atoms with Crippen LogP contribution in [0.2, 0.25) is 5.02 Å². The summed E-state index contributed by atoms with van der Waals surface area (Å²) < 4.78 is 14.5. The summed E-state index contributed by atoms with van der Waals surface area (Å²) in [5.74, 6) is -1.24. The van der Waals surface area contributed by atoms with E-state index in [1.54, 1.807) is 24.3 Å². The van der Waals surface area contributed by atoms with Gasteiger partial charge in [-0.25, -0.2) is 9.07 Å². The number of aromatic nitrogens is 3. The van der Waals surface area contributed by atoms with Gasteiger partial charge in [0.2, 0.25) is 5.91 Å². The Labute approximate surface area is 134 Å². The topological polar surface area (TPSA) is 76.9 Å². The second kappa shape index (κ2) is 6.13. The van der Waals surface area contributed by atoms with Crippen LogP contribution in [0.4, 0.5) is 10.1 Å². The van der Waals surface area contributed by atoms with Crippen molar-refractivity contribution in [3.63, 3.8) is 0 Å². The molecule has 0 bridgehead atoms. The minimum atomic E-state index is -0.625. The lowest BCUT2D eigenvalue weighted by Crippen LogP contribution is -2.30. The van der Waals surface area contributed by atoms with Crippen LogP contribution in [0.1, 0.15) is 0 Å². The molecule has 23 heavy (non-hydrogen) atoms. The van der Waals surface area contributed by atoms with E-state index in [4.69, 9.17) is 11.6 Å². The molecule has 0 atom stereocenters. The molecular formula is C15H10ClFN4O2. The molecule has 0 spiro atoms. The molecule has 8 heteroatoms. The minimum Gasteiger partial charge on any atom is -0.322 e. The standard InChI is InChI=1S/C15H10ClFN4O2/c16-9-5-6-11(17)13(7-9)18-14(22)8-21-15(23)10-3-1-2-4-12(10)19-20-21/h1-7H,8H2,(H,18,22). The van der Waals surface area contributed by atoms with Crippen molar-refractivity contribution in [1.82, 2.24) is 15.0 Å². The third-order valence-electron chi connectivity index (χ3n) is 3.13. The molecule has 1 heterocycles. The van der Waals surface area contributed by atoms with E-state index in [0.717, 1.165) is 10.7 Å². The maximum atomic E-state index is 13.6. The van der Waals surface area contributed by atoms with Gasteiger partial charge < -0.3 is 5.32 Å². The van der Waals surface area contributed by atoms with Gasteiger partial charge in [0.05, 0.1) is 11.1 Å². The number of amides is 1. The third-order valence-corrected chi connectivity index (χ3v) is 3.36. The van der Waals surface area contributed by atoms with Gasteiger partial charge in [0, 0.05) is 5.02 Å². The fourth-order valence-electron chi connectivity index (χ4n) is 2.05. The van der Waals surface area contributed by atoms with Crippen LogP contribution in [0.5, 0.6) is 0 Å². The second-order valence-electron chi connectivity index (χ2n) is 4.74. The molecule has 0 aliphatic rings. The normalized spacial score (nSPS) is 10.7. The van der Waals surface area contributed by atoms with E-state index < -0.39 is 17.3 Å². The lowest BCUT2D eigenvalue weighted by molar-refractivity contribution is -0.117. The van der Waals surface area contributed by atoms with E-state index in [-0.39, 0.29) is 17.3 Å². The number of anilines is 1. The van der Waals surface area contributed by atoms with E-state index in [2.05, 4.69) is 15.6 Å². The summed E-state index contributed by atoms with van der Waals surface area (Å²) in [5.41, 5.74) is -0.0725. The molecule has 0 saturated heterocycles. The van der Waals surface area contributed by atoms with Gasteiger partial charge in [-0.05, 0) is 30.3 Å². The van der Waals surface area contributed by atoms with Crippen LogP contribution < -0.4 is 10.9 Å². The average molecular weight is 333 g/mol. The summed E-state index contributed by atoms with van der Waals surface area (Å²) in [6.45, 7) is -0.386. The molecule has 0 fully saturated rings. The molecule has 116 valence electrons. The molecule has 0 radical (unpaired) electrons. The monoisotopic (exact) mass is 332 g/mol. The Morgan fingerprint density at radius 1 is 1.26 bits per heavy atom. The highest BCUT2D eigenvalue weighted by Crippen LogP contribution is 2.19. The van der Waals surface area contributed by atoms with Crippen molar-refractivity contribution >= 4 is 34.1 Å². The largest absolute Gasteiger partial charge is 0.322 e. The Balaban J connectivity index is 1.84. The Bertz CT molecular complexity index is 958. The number of nitrogens with zero attached hydrogens (tertiary/aromatic N) is 3. The molecule has 3 rings (SSSR count). The smallest absolute Gasteiger partial charge is 0.278 e. The Kier molecular flexibility index (Phi) is 4.03. The van der Waals surface area contributed by atoms with Gasteiger partial charge in [0.1, 0.15) is 17.9 Å². The van der Waals surface area contributed by atoms with Crippen LogP contribution >= 0.6 is 11.6 Å². The van der Waals surface area contributed by atoms with Crippen molar-refractivity contribution in [1.29, 1.82) is 0 Å². The lowest BCUT2D eigenvalue weighted by atomic mass is 10.2. The summed E-state index contributed by atoms with van der Waals surface area (Å²) in [4.78, 5) is 24.2. The number of halogens is 2. The fourth-order valence-corrected chi connectivity index (χ4v) is 2.22. The molecule has 0 unspecified atom stereocenters. The van der Waals surface area contributed by atoms with Crippen molar-refractivity contribution in [2.45, 2.75) is 6.54 Å². The first-order valence-electron chi connectivity index (χ1n) is 6.62. The highest BCUT2D eigenvalue weighted by atomic mass is 35.5. The van der Waals surface area contributed by atoms with Gasteiger partial charge in [-0.15, -0.1) is 5.10 Å². The second-order valence-corrected chi connectivity index (χ2v) is 5.18. The van der Waals surface area contributed by atoms with Crippen LogP contribution in [0, 0.1) is 5.82 Å². The number of carbonyl (C=O) groups excluding carboxylic acids is 1. The van der Waals surface area contributed by atoms with Crippen molar-refractivity contribution in [2.75, 3.05) is 5.32 Å². The van der Waals surface area contributed by atoms with Crippen LogP contribution in [0.15, 0.2) is 47.3 Å². The third kappa shape index (κ3) is 3.19. The molecule has 0 aliphatic heterocycles. The van der Waals surface area contributed by atoms with Crippen molar-refractivity contribution < 1.29 is 9.18 Å². The van der Waals surface area contributed by atoms with Gasteiger partial charge in [-0.1, -0.05) is 28.9 Å². The molecule has 3 aromatic rings. The maximum absolute atomic E-state index is 13.6. The number of rotatable bonds is 3. The van der Waals surface area contributed by atoms with Crippen LogP contribution in [0.25, 0.3) is 10.9 Å². The first kappa shape index (κ1) is 15.1. The molecule has 1 amide bonds. The number of nitrogens with one attached hydrogen (secondary N) is 1. The van der Waals surface area contributed by atoms with Crippen LogP contribution in [-0.2, 0) is 11.3 Å². The summed E-state index contributed by atoms with van der Waals surface area (Å²) in [5, 5.41) is 10.6. The van der Waals surface area contributed by atoms with E-state index in [0.29, 0.717) is 10.9 Å². The number of hydrogen-bond donors (Lipinski definition) is 1. The van der Waals surface area contributed by atoms with Crippen molar-refractivity contribution in [2.24, 2.45) is 0 Å². The number of fused-ring (bicyclic) bond motifs is 1. The Morgan fingerprint density at radius 2 is 2.04 bits per heavy atom. The van der Waals surface area contributed by atoms with Gasteiger partial charge in [-0.2, -0.15) is 0 Å². The zero-order chi connectivity index (χ0) is 16.4. The SMILES string of the molecule is O=C(Cn1nnc2ccccc2c1=O)Nc1cc(Cl)ccc1F. The van der Waals surface area contributed by atoms with E-state index >= 15 is 0 Å². The minimum absolute atomic E-state index is 0.0655. The number of carbonyl (C=O) groups is 1.